The number of nitrogens with zero attached hydrogens (tertiary/aromatic N) is 2. The molecule has 0 saturated carbocycles. The van der Waals surface area contributed by atoms with E-state index in [0.717, 1.165) is 19.6 Å². The number of halogens is 2. The summed E-state index contributed by atoms with van der Waals surface area (Å²) in [7, 11) is 0. The molecule has 3 rings (SSSR count). The number of hydrogen-bond donors (Lipinski definition) is 1. The van der Waals surface area contributed by atoms with Gasteiger partial charge in [0.1, 0.15) is 5.69 Å². The molecule has 0 aliphatic rings. The topological polar surface area (TPSA) is 54.9 Å². The summed E-state index contributed by atoms with van der Waals surface area (Å²) in [6.45, 7) is 0. The van der Waals surface area contributed by atoms with Gasteiger partial charge in [0.15, 0.2) is 5.13 Å². The Morgan fingerprint density at radius 3 is 2.76 bits per heavy atom. The molecule has 0 aromatic carbocycles. The van der Waals surface area contributed by atoms with Crippen LogP contribution in [0.3, 0.4) is 0 Å². The molecule has 0 bridgehead atoms. The number of thiazole rings is 1. The molecule has 0 unspecified atom stereocenters. The predicted octanol–water partition coefficient (Wildman–Crippen LogP) is 5.04. The molecule has 1 amide bonds. The summed E-state index contributed by atoms with van der Waals surface area (Å²) in [6.07, 6.45) is 1.72. The first-order valence-corrected chi connectivity index (χ1v) is 9.05. The summed E-state index contributed by atoms with van der Waals surface area (Å²) in [4.78, 5) is 21.4. The monoisotopic (exact) mass is 443 g/mol. The largest absolute Gasteiger partial charge is 0.297 e. The maximum Gasteiger partial charge on any atom is 0.267 e. The molecule has 0 atom stereocenters. The van der Waals surface area contributed by atoms with Crippen LogP contribution in [0.2, 0.25) is 0 Å². The van der Waals surface area contributed by atoms with Gasteiger partial charge in [-0.2, -0.15) is 0 Å². The van der Waals surface area contributed by atoms with Crippen molar-refractivity contribution in [1.29, 1.82) is 0 Å². The fourth-order valence-electron chi connectivity index (χ4n) is 1.58. The maximum absolute atomic E-state index is 12.1. The van der Waals surface area contributed by atoms with Gasteiger partial charge in [0.2, 0.25) is 0 Å². The molecule has 3 heterocycles. The summed E-state index contributed by atoms with van der Waals surface area (Å²) in [5.74, 6) is -0.173. The van der Waals surface area contributed by atoms with Crippen LogP contribution in [-0.4, -0.2) is 15.9 Å². The van der Waals surface area contributed by atoms with E-state index in [9.17, 15) is 4.79 Å². The number of pyridine rings is 1. The van der Waals surface area contributed by atoms with Crippen molar-refractivity contribution in [2.45, 2.75) is 0 Å². The van der Waals surface area contributed by atoms with Gasteiger partial charge in [0, 0.05) is 16.0 Å². The average molecular weight is 445 g/mol. The van der Waals surface area contributed by atoms with Crippen LogP contribution >= 0.6 is 54.5 Å². The Morgan fingerprint density at radius 2 is 2.10 bits per heavy atom. The van der Waals surface area contributed by atoms with Crippen LogP contribution < -0.4 is 5.32 Å². The summed E-state index contributed by atoms with van der Waals surface area (Å²) in [5.41, 5.74) is 1.54. The van der Waals surface area contributed by atoms with E-state index < -0.39 is 0 Å². The second-order valence-electron chi connectivity index (χ2n) is 3.94. The van der Waals surface area contributed by atoms with Crippen molar-refractivity contribution in [3.05, 3.63) is 49.0 Å². The van der Waals surface area contributed by atoms with Crippen LogP contribution in [-0.2, 0) is 0 Å². The smallest absolute Gasteiger partial charge is 0.267 e. The number of hydrogen-bond acceptors (Lipinski definition) is 5. The second kappa shape index (κ2) is 6.35. The van der Waals surface area contributed by atoms with Crippen molar-refractivity contribution in [3.8, 4) is 11.4 Å². The molecule has 0 fully saturated rings. The summed E-state index contributed by atoms with van der Waals surface area (Å²) >= 11 is 9.49. The van der Waals surface area contributed by atoms with E-state index >= 15 is 0 Å². The first-order valence-electron chi connectivity index (χ1n) is 5.76. The minimum Gasteiger partial charge on any atom is -0.297 e. The lowest BCUT2D eigenvalue weighted by molar-refractivity contribution is 0.103. The molecular weight excluding hydrogens is 438 g/mol. The summed E-state index contributed by atoms with van der Waals surface area (Å²) < 4.78 is 1.76. The Hall–Kier alpha value is -1.09. The van der Waals surface area contributed by atoms with Crippen molar-refractivity contribution < 1.29 is 4.79 Å². The number of rotatable bonds is 3. The summed E-state index contributed by atoms with van der Waals surface area (Å²) in [5, 5.41) is 5.23. The third-order valence-electron chi connectivity index (χ3n) is 2.52. The van der Waals surface area contributed by atoms with E-state index in [-0.39, 0.29) is 5.91 Å². The molecule has 0 aliphatic carbocycles. The SMILES string of the molecule is O=C(Nc1nc(-c2ccccn2)cs1)c1cc(Br)c(Br)s1. The predicted molar refractivity (Wildman–Crippen MR) is 93.0 cm³/mol. The van der Waals surface area contributed by atoms with Crippen molar-refractivity contribution in [3.63, 3.8) is 0 Å². The van der Waals surface area contributed by atoms with Gasteiger partial charge >= 0.3 is 0 Å². The number of thiophene rings is 1. The van der Waals surface area contributed by atoms with E-state index in [0.29, 0.717) is 10.0 Å². The van der Waals surface area contributed by atoms with Gasteiger partial charge in [-0.05, 0) is 50.1 Å². The van der Waals surface area contributed by atoms with E-state index in [1.807, 2.05) is 23.6 Å². The Bertz CT molecular complexity index is 766. The van der Waals surface area contributed by atoms with Gasteiger partial charge in [-0.15, -0.1) is 22.7 Å². The fraction of sp³-hybridized carbons (Fsp3) is 0. The second-order valence-corrected chi connectivity index (χ2v) is 8.02. The number of carbonyl (C=O) groups excluding carboxylic acids is 1. The number of amides is 1. The highest BCUT2D eigenvalue weighted by molar-refractivity contribution is 9.13. The highest BCUT2D eigenvalue weighted by atomic mass is 79.9. The summed E-state index contributed by atoms with van der Waals surface area (Å²) in [6, 6.07) is 7.41. The lowest BCUT2D eigenvalue weighted by Crippen LogP contribution is -2.09. The molecule has 0 radical (unpaired) electrons. The molecule has 0 saturated heterocycles. The minimum absolute atomic E-state index is 0.173. The Labute approximate surface area is 145 Å². The van der Waals surface area contributed by atoms with Crippen LogP contribution in [0.4, 0.5) is 5.13 Å². The van der Waals surface area contributed by atoms with E-state index in [1.165, 1.54) is 22.7 Å². The van der Waals surface area contributed by atoms with Gasteiger partial charge in [-0.3, -0.25) is 15.1 Å². The van der Waals surface area contributed by atoms with Gasteiger partial charge < -0.3 is 0 Å². The van der Waals surface area contributed by atoms with Gasteiger partial charge in [-0.25, -0.2) is 4.98 Å². The molecule has 3 aromatic heterocycles. The number of nitrogens with one attached hydrogen (secondary N) is 1. The first-order chi connectivity index (χ1) is 10.1. The van der Waals surface area contributed by atoms with Gasteiger partial charge in [0.25, 0.3) is 5.91 Å². The van der Waals surface area contributed by atoms with E-state index in [4.69, 9.17) is 0 Å². The Morgan fingerprint density at radius 1 is 1.24 bits per heavy atom. The maximum atomic E-state index is 12.1. The lowest BCUT2D eigenvalue weighted by atomic mass is 10.3. The number of aromatic nitrogens is 2. The number of anilines is 1. The van der Waals surface area contributed by atoms with Crippen molar-refractivity contribution in [2.75, 3.05) is 5.32 Å². The lowest BCUT2D eigenvalue weighted by Gasteiger charge is -1.98. The molecular formula is C13H7Br2N3OS2. The molecule has 3 aromatic rings. The highest BCUT2D eigenvalue weighted by Gasteiger charge is 2.14. The van der Waals surface area contributed by atoms with Crippen molar-refractivity contribution in [2.24, 2.45) is 0 Å². The normalized spacial score (nSPS) is 10.6. The molecule has 0 spiro atoms. The minimum atomic E-state index is -0.173. The first kappa shape index (κ1) is 14.8. The van der Waals surface area contributed by atoms with Gasteiger partial charge in [-0.1, -0.05) is 6.07 Å². The average Bonchev–Trinajstić information content (AvgIpc) is 3.08. The molecule has 1 N–H and O–H groups in total. The third-order valence-corrected chi connectivity index (χ3v) is 6.53. The fourth-order valence-corrected chi connectivity index (χ4v) is 4.21. The van der Waals surface area contributed by atoms with Crippen LogP contribution in [0.25, 0.3) is 11.4 Å². The standard InChI is InChI=1S/C13H7Br2N3OS2/c14-7-5-10(21-11(7)15)12(19)18-13-17-9(6-20-13)8-3-1-2-4-16-8/h1-6H,(H,17,18,19). The van der Waals surface area contributed by atoms with Crippen LogP contribution in [0.1, 0.15) is 9.67 Å². The van der Waals surface area contributed by atoms with E-state index in [1.54, 1.807) is 12.3 Å². The van der Waals surface area contributed by atoms with Crippen molar-refractivity contribution >= 4 is 65.6 Å². The molecule has 4 nitrogen and oxygen atoms in total. The van der Waals surface area contributed by atoms with Gasteiger partial charge in [0.05, 0.1) is 14.4 Å². The number of carbonyl (C=O) groups is 1. The Balaban J connectivity index is 1.77. The van der Waals surface area contributed by atoms with Crippen LogP contribution in [0, 0.1) is 0 Å². The Kier molecular flexibility index (Phi) is 4.48. The van der Waals surface area contributed by atoms with Crippen LogP contribution in [0.5, 0.6) is 0 Å². The molecule has 106 valence electrons. The molecule has 21 heavy (non-hydrogen) atoms. The zero-order chi connectivity index (χ0) is 14.8. The highest BCUT2D eigenvalue weighted by Crippen LogP contribution is 2.33. The molecule has 0 aliphatic heterocycles. The zero-order valence-electron chi connectivity index (χ0n) is 10.3. The van der Waals surface area contributed by atoms with Crippen LogP contribution in [0.15, 0.2) is 44.1 Å². The zero-order valence-corrected chi connectivity index (χ0v) is 15.1. The molecule has 8 heteroatoms. The quantitative estimate of drug-likeness (QED) is 0.615. The van der Waals surface area contributed by atoms with E-state index in [2.05, 4.69) is 47.1 Å². The third kappa shape index (κ3) is 3.39. The van der Waals surface area contributed by atoms with Crippen molar-refractivity contribution in [1.82, 2.24) is 9.97 Å².